The van der Waals surface area contributed by atoms with Gasteiger partial charge in [0.15, 0.2) is 0 Å². The molecule has 0 fully saturated rings. The zero-order valence-electron chi connectivity index (χ0n) is 10.4. The number of aryl methyl sites for hydroxylation is 1. The summed E-state index contributed by atoms with van der Waals surface area (Å²) < 4.78 is 0. The minimum absolute atomic E-state index is 0.248. The Morgan fingerprint density at radius 3 is 2.67 bits per heavy atom. The van der Waals surface area contributed by atoms with Gasteiger partial charge in [-0.2, -0.15) is 0 Å². The maximum Gasteiger partial charge on any atom is 0.265 e. The lowest BCUT2D eigenvalue weighted by atomic mass is 9.98. The van der Waals surface area contributed by atoms with E-state index in [1.165, 1.54) is 13.8 Å². The van der Waals surface area contributed by atoms with Crippen molar-refractivity contribution in [3.8, 4) is 0 Å². The highest BCUT2D eigenvalue weighted by molar-refractivity contribution is 6.18. The molecule has 0 spiro atoms. The van der Waals surface area contributed by atoms with Crippen molar-refractivity contribution in [2.45, 2.75) is 32.3 Å². The number of carbonyl (C=O) groups excluding carboxylic acids is 2. The van der Waals surface area contributed by atoms with Crippen LogP contribution in [0.2, 0.25) is 0 Å². The average molecular weight is 248 g/mol. The van der Waals surface area contributed by atoms with Crippen molar-refractivity contribution in [2.24, 2.45) is 0 Å². The van der Waals surface area contributed by atoms with E-state index in [4.69, 9.17) is 5.73 Å². The maximum absolute atomic E-state index is 12.1. The lowest BCUT2D eigenvalue weighted by molar-refractivity contribution is -0.137. The molecule has 3 N–H and O–H groups in total. The van der Waals surface area contributed by atoms with Crippen LogP contribution in [0, 0.1) is 0 Å². The van der Waals surface area contributed by atoms with Crippen LogP contribution in [0.25, 0.3) is 0 Å². The lowest BCUT2D eigenvalue weighted by Crippen LogP contribution is -2.50. The summed E-state index contributed by atoms with van der Waals surface area (Å²) in [4.78, 5) is 25.0. The molecule has 96 valence electrons. The molecule has 0 bridgehead atoms. The van der Waals surface area contributed by atoms with E-state index in [2.05, 4.69) is 0 Å². The first-order valence-corrected chi connectivity index (χ1v) is 5.79. The third-order valence-corrected chi connectivity index (χ3v) is 2.93. The maximum atomic E-state index is 12.1. The van der Waals surface area contributed by atoms with Crippen molar-refractivity contribution in [3.05, 3.63) is 23.8 Å². The number of nitrogens with two attached hydrogens (primary N) is 1. The van der Waals surface area contributed by atoms with E-state index in [1.54, 1.807) is 18.2 Å². The monoisotopic (exact) mass is 248 g/mol. The number of fused-ring (bicyclic) bond motifs is 1. The van der Waals surface area contributed by atoms with Crippen LogP contribution in [0.5, 0.6) is 0 Å². The highest BCUT2D eigenvalue weighted by atomic mass is 16.3. The quantitative estimate of drug-likeness (QED) is 0.721. The second-order valence-electron chi connectivity index (χ2n) is 4.98. The zero-order valence-corrected chi connectivity index (χ0v) is 10.4. The number of aliphatic hydroxyl groups is 1. The van der Waals surface area contributed by atoms with Gasteiger partial charge in [0, 0.05) is 12.1 Å². The Kier molecular flexibility index (Phi) is 2.86. The van der Waals surface area contributed by atoms with Crippen molar-refractivity contribution >= 4 is 23.2 Å². The standard InChI is InChI=1S/C13H16N2O3/c1-13(2,18)12(17)15-10-5-4-9(14)7-8(10)3-6-11(15)16/h4-5,7,18H,3,6,14H2,1-2H3. The number of hydrogen-bond donors (Lipinski definition) is 2. The van der Waals surface area contributed by atoms with Gasteiger partial charge in [-0.15, -0.1) is 0 Å². The van der Waals surface area contributed by atoms with E-state index < -0.39 is 11.5 Å². The molecule has 5 nitrogen and oxygen atoms in total. The minimum Gasteiger partial charge on any atom is -0.399 e. The van der Waals surface area contributed by atoms with Crippen molar-refractivity contribution in [3.63, 3.8) is 0 Å². The van der Waals surface area contributed by atoms with E-state index in [0.29, 0.717) is 17.8 Å². The SMILES string of the molecule is CC(C)(O)C(=O)N1C(=O)CCc2cc(N)ccc21. The van der Waals surface area contributed by atoms with Gasteiger partial charge in [-0.3, -0.25) is 9.59 Å². The highest BCUT2D eigenvalue weighted by Crippen LogP contribution is 2.31. The molecule has 1 aromatic rings. The Balaban J connectivity index is 2.49. The van der Waals surface area contributed by atoms with Gasteiger partial charge < -0.3 is 10.8 Å². The Bertz CT molecular complexity index is 517. The molecule has 0 atom stereocenters. The molecule has 1 aliphatic rings. The lowest BCUT2D eigenvalue weighted by Gasteiger charge is -2.31. The summed E-state index contributed by atoms with van der Waals surface area (Å²) in [5.41, 5.74) is 6.08. The molecule has 1 aromatic carbocycles. The fourth-order valence-corrected chi connectivity index (χ4v) is 2.01. The van der Waals surface area contributed by atoms with Crippen molar-refractivity contribution < 1.29 is 14.7 Å². The number of imide groups is 1. The predicted molar refractivity (Wildman–Crippen MR) is 68.0 cm³/mol. The minimum atomic E-state index is -1.58. The van der Waals surface area contributed by atoms with Gasteiger partial charge in [0.2, 0.25) is 5.91 Å². The van der Waals surface area contributed by atoms with Gasteiger partial charge in [0.05, 0.1) is 5.69 Å². The summed E-state index contributed by atoms with van der Waals surface area (Å²) in [5, 5.41) is 9.77. The fraction of sp³-hybridized carbons (Fsp3) is 0.385. The van der Waals surface area contributed by atoms with Gasteiger partial charge in [-0.25, -0.2) is 4.90 Å². The van der Waals surface area contributed by atoms with E-state index in [0.717, 1.165) is 10.5 Å². The van der Waals surface area contributed by atoms with E-state index in [9.17, 15) is 14.7 Å². The number of carbonyl (C=O) groups is 2. The predicted octanol–water partition coefficient (Wildman–Crippen LogP) is 0.845. The molecular weight excluding hydrogens is 232 g/mol. The molecule has 0 aliphatic carbocycles. The van der Waals surface area contributed by atoms with Gasteiger partial charge in [-0.1, -0.05) is 0 Å². The highest BCUT2D eigenvalue weighted by Gasteiger charge is 2.37. The van der Waals surface area contributed by atoms with Crippen LogP contribution in [0.3, 0.4) is 0 Å². The normalized spacial score (nSPS) is 15.5. The molecule has 18 heavy (non-hydrogen) atoms. The zero-order chi connectivity index (χ0) is 13.5. The largest absolute Gasteiger partial charge is 0.399 e. The van der Waals surface area contributed by atoms with Crippen molar-refractivity contribution in [1.29, 1.82) is 0 Å². The topological polar surface area (TPSA) is 83.6 Å². The Morgan fingerprint density at radius 1 is 1.39 bits per heavy atom. The number of hydrogen-bond acceptors (Lipinski definition) is 4. The average Bonchev–Trinajstić information content (AvgIpc) is 2.27. The molecule has 1 heterocycles. The molecule has 0 saturated heterocycles. The van der Waals surface area contributed by atoms with Crippen LogP contribution in [0.1, 0.15) is 25.8 Å². The molecule has 5 heteroatoms. The first-order chi connectivity index (χ1) is 8.30. The van der Waals surface area contributed by atoms with Gasteiger partial charge in [0.1, 0.15) is 5.60 Å². The number of anilines is 2. The summed E-state index contributed by atoms with van der Waals surface area (Å²) in [6.45, 7) is 2.74. The molecule has 0 radical (unpaired) electrons. The Morgan fingerprint density at radius 2 is 2.06 bits per heavy atom. The third kappa shape index (κ3) is 2.09. The summed E-state index contributed by atoms with van der Waals surface area (Å²) >= 11 is 0. The van der Waals surface area contributed by atoms with Gasteiger partial charge in [0.25, 0.3) is 5.91 Å². The van der Waals surface area contributed by atoms with Gasteiger partial charge in [-0.05, 0) is 44.0 Å². The second kappa shape index (κ2) is 4.10. The van der Waals surface area contributed by atoms with Crippen molar-refractivity contribution in [2.75, 3.05) is 10.6 Å². The smallest absolute Gasteiger partial charge is 0.265 e. The van der Waals surface area contributed by atoms with E-state index in [1.807, 2.05) is 0 Å². The third-order valence-electron chi connectivity index (χ3n) is 2.93. The Labute approximate surface area is 105 Å². The molecular formula is C13H16N2O3. The number of nitrogen functional groups attached to an aromatic ring is 1. The fourth-order valence-electron chi connectivity index (χ4n) is 2.01. The number of amides is 2. The molecule has 0 aromatic heterocycles. The Hall–Kier alpha value is -1.88. The van der Waals surface area contributed by atoms with Crippen LogP contribution in [0.15, 0.2) is 18.2 Å². The number of benzene rings is 1. The molecule has 2 rings (SSSR count). The number of nitrogens with zero attached hydrogens (tertiary/aromatic N) is 1. The molecule has 0 unspecified atom stereocenters. The van der Waals surface area contributed by atoms with E-state index >= 15 is 0 Å². The summed E-state index contributed by atoms with van der Waals surface area (Å²) in [7, 11) is 0. The molecule has 1 aliphatic heterocycles. The van der Waals surface area contributed by atoms with Crippen LogP contribution < -0.4 is 10.6 Å². The first-order valence-electron chi connectivity index (χ1n) is 5.79. The first kappa shape index (κ1) is 12.6. The number of rotatable bonds is 1. The van der Waals surface area contributed by atoms with E-state index in [-0.39, 0.29) is 12.3 Å². The summed E-state index contributed by atoms with van der Waals surface area (Å²) in [5.74, 6) is -0.905. The van der Waals surface area contributed by atoms with Crippen LogP contribution in [0.4, 0.5) is 11.4 Å². The van der Waals surface area contributed by atoms with Crippen LogP contribution in [-0.2, 0) is 16.0 Å². The van der Waals surface area contributed by atoms with Crippen LogP contribution in [-0.4, -0.2) is 22.5 Å². The van der Waals surface area contributed by atoms with Crippen LogP contribution >= 0.6 is 0 Å². The summed E-state index contributed by atoms with van der Waals surface area (Å²) in [6, 6.07) is 5.04. The van der Waals surface area contributed by atoms with Crippen molar-refractivity contribution in [1.82, 2.24) is 0 Å². The summed E-state index contributed by atoms with van der Waals surface area (Å²) in [6.07, 6.45) is 0.813. The van der Waals surface area contributed by atoms with Gasteiger partial charge >= 0.3 is 0 Å². The molecule has 0 saturated carbocycles. The molecule has 2 amide bonds. The second-order valence-corrected chi connectivity index (χ2v) is 4.98.